The van der Waals surface area contributed by atoms with Gasteiger partial charge in [0.25, 0.3) is 0 Å². The van der Waals surface area contributed by atoms with E-state index >= 15 is 0 Å². The molecule has 4 heterocycles. The van der Waals surface area contributed by atoms with E-state index in [0.717, 1.165) is 51.5 Å². The van der Waals surface area contributed by atoms with Crippen molar-refractivity contribution in [2.45, 2.75) is 30.6 Å². The number of nitrogens with zero attached hydrogens (tertiary/aromatic N) is 5. The Labute approximate surface area is 220 Å². The number of hydrogen-bond donors (Lipinski definition) is 0. The number of rotatable bonds is 5. The highest BCUT2D eigenvalue weighted by Gasteiger charge is 2.37. The van der Waals surface area contributed by atoms with Gasteiger partial charge in [0.2, 0.25) is 0 Å². The average molecular weight is 508 g/mol. The highest BCUT2D eigenvalue weighted by atomic mass is 32.2. The fourth-order valence-corrected chi connectivity index (χ4v) is 6.24. The Hall–Kier alpha value is -3.81. The van der Waals surface area contributed by atoms with E-state index in [1.807, 2.05) is 66.6 Å². The first kappa shape index (κ1) is 23.6. The molecule has 37 heavy (non-hydrogen) atoms. The molecule has 0 spiro atoms. The van der Waals surface area contributed by atoms with Gasteiger partial charge in [0.15, 0.2) is 10.5 Å². The lowest BCUT2D eigenvalue weighted by Gasteiger charge is -2.27. The highest BCUT2D eigenvalue weighted by Crippen LogP contribution is 2.41. The zero-order chi connectivity index (χ0) is 25.7. The number of likely N-dealkylation sites (tertiary alicyclic amines) is 1. The molecule has 7 heteroatoms. The van der Waals surface area contributed by atoms with Crippen molar-refractivity contribution >= 4 is 22.4 Å². The minimum absolute atomic E-state index is 0.0761. The lowest BCUT2D eigenvalue weighted by molar-refractivity contribution is 0.473. The smallest absolute Gasteiger partial charge is 0.187 e. The van der Waals surface area contributed by atoms with Gasteiger partial charge < -0.3 is 14.0 Å². The quantitative estimate of drug-likeness (QED) is 0.279. The Kier molecular flexibility index (Phi) is 5.70. The van der Waals surface area contributed by atoms with Crippen LogP contribution in [0.3, 0.4) is 0 Å². The van der Waals surface area contributed by atoms with Gasteiger partial charge in [0, 0.05) is 53.7 Å². The Morgan fingerprint density at radius 3 is 2.59 bits per heavy atom. The van der Waals surface area contributed by atoms with Crippen LogP contribution >= 0.6 is 0 Å². The number of allylic oxidation sites excluding steroid dienone is 1. The molecule has 1 aliphatic rings. The summed E-state index contributed by atoms with van der Waals surface area (Å²) in [7, 11) is 2.11. The third-order valence-corrected chi connectivity index (χ3v) is 8.93. The summed E-state index contributed by atoms with van der Waals surface area (Å²) in [6.07, 6.45) is 8.54. The predicted octanol–water partition coefficient (Wildman–Crippen LogP) is 5.88. The minimum Gasteiger partial charge on any atom is -0.587 e. The molecule has 1 fully saturated rings. The van der Waals surface area contributed by atoms with Crippen molar-refractivity contribution in [3.63, 3.8) is 0 Å². The summed E-state index contributed by atoms with van der Waals surface area (Å²) in [4.78, 5) is 12.3. The van der Waals surface area contributed by atoms with Crippen molar-refractivity contribution in [1.82, 2.24) is 23.4 Å². The first-order valence-corrected chi connectivity index (χ1v) is 13.5. The summed E-state index contributed by atoms with van der Waals surface area (Å²) >= 11 is -1.42. The summed E-state index contributed by atoms with van der Waals surface area (Å²) in [5.74, 6) is 0. The Balaban J connectivity index is 1.38. The Morgan fingerprint density at radius 1 is 1.03 bits per heavy atom. The lowest BCUT2D eigenvalue weighted by atomic mass is 9.79. The van der Waals surface area contributed by atoms with Gasteiger partial charge in [-0.15, -0.1) is 3.97 Å². The molecule has 186 valence electrons. The monoisotopic (exact) mass is 507 g/mol. The Bertz CT molecular complexity index is 1620. The second kappa shape index (κ2) is 8.94. The molecule has 2 aromatic carbocycles. The van der Waals surface area contributed by atoms with Gasteiger partial charge in [0.05, 0.1) is 18.2 Å². The maximum atomic E-state index is 13.5. The molecule has 6 rings (SSSR count). The highest BCUT2D eigenvalue weighted by molar-refractivity contribution is 7.90. The maximum Gasteiger partial charge on any atom is 0.187 e. The molecule has 0 saturated carbocycles. The maximum absolute atomic E-state index is 13.5. The number of pyridine rings is 1. The molecule has 0 radical (unpaired) electrons. The third kappa shape index (κ3) is 3.95. The molecule has 0 bridgehead atoms. The van der Waals surface area contributed by atoms with Gasteiger partial charge in [-0.1, -0.05) is 36.4 Å². The van der Waals surface area contributed by atoms with E-state index in [0.29, 0.717) is 5.65 Å². The van der Waals surface area contributed by atoms with E-state index < -0.39 is 11.4 Å². The van der Waals surface area contributed by atoms with Crippen molar-refractivity contribution in [2.75, 3.05) is 13.6 Å². The van der Waals surface area contributed by atoms with Gasteiger partial charge in [-0.2, -0.15) is 0 Å². The van der Waals surface area contributed by atoms with E-state index in [-0.39, 0.29) is 5.41 Å². The van der Waals surface area contributed by atoms with Crippen LogP contribution in [0.5, 0.6) is 0 Å². The zero-order valence-corrected chi connectivity index (χ0v) is 22.1. The number of fused-ring (bicyclic) bond motifs is 1. The number of imidazole rings is 1. The molecule has 0 N–H and O–H groups in total. The molecule has 2 unspecified atom stereocenters. The Morgan fingerprint density at radius 2 is 1.84 bits per heavy atom. The summed E-state index contributed by atoms with van der Waals surface area (Å²) in [5.41, 5.74) is 6.88. The van der Waals surface area contributed by atoms with Crippen LogP contribution in [0.4, 0.5) is 0 Å². The van der Waals surface area contributed by atoms with Crippen LogP contribution < -0.4 is 0 Å². The number of aromatic nitrogens is 4. The molecular formula is C30H29N5OS. The zero-order valence-electron chi connectivity index (χ0n) is 21.3. The SMILES string of the molecule is C=C1N(C)CCC1(C)c1cccc(-n2cnc(-c3cn([S+]([O-])c4ccc(C)cc4)c4ncccc34)c2)c1. The second-order valence-corrected chi connectivity index (χ2v) is 11.3. The largest absolute Gasteiger partial charge is 0.587 e. The van der Waals surface area contributed by atoms with Gasteiger partial charge >= 0.3 is 0 Å². The van der Waals surface area contributed by atoms with Crippen molar-refractivity contribution in [2.24, 2.45) is 0 Å². The van der Waals surface area contributed by atoms with Crippen LogP contribution in [0, 0.1) is 6.92 Å². The summed E-state index contributed by atoms with van der Waals surface area (Å²) in [6, 6.07) is 20.3. The molecule has 0 aliphatic carbocycles. The predicted molar refractivity (Wildman–Crippen MR) is 149 cm³/mol. The van der Waals surface area contributed by atoms with Crippen molar-refractivity contribution in [1.29, 1.82) is 0 Å². The third-order valence-electron chi connectivity index (χ3n) is 7.62. The molecule has 3 aromatic heterocycles. The summed E-state index contributed by atoms with van der Waals surface area (Å²) < 4.78 is 17.3. The van der Waals surface area contributed by atoms with Gasteiger partial charge in [-0.3, -0.25) is 0 Å². The molecule has 5 aromatic rings. The van der Waals surface area contributed by atoms with Crippen LogP contribution in [0.25, 0.3) is 28.0 Å². The molecular weight excluding hydrogens is 478 g/mol. The van der Waals surface area contributed by atoms with Crippen LogP contribution in [0.2, 0.25) is 0 Å². The van der Waals surface area contributed by atoms with E-state index in [2.05, 4.69) is 54.7 Å². The average Bonchev–Trinajstić information content (AvgIpc) is 3.62. The van der Waals surface area contributed by atoms with Gasteiger partial charge in [0.1, 0.15) is 11.4 Å². The number of benzene rings is 2. The molecule has 1 saturated heterocycles. The molecule has 0 amide bonds. The molecule has 6 nitrogen and oxygen atoms in total. The summed E-state index contributed by atoms with van der Waals surface area (Å²) in [5, 5.41) is 0.916. The van der Waals surface area contributed by atoms with Gasteiger partial charge in [-0.25, -0.2) is 9.97 Å². The molecule has 1 aliphatic heterocycles. The summed E-state index contributed by atoms with van der Waals surface area (Å²) in [6.45, 7) is 9.66. The van der Waals surface area contributed by atoms with Crippen LogP contribution in [0.15, 0.2) is 103 Å². The number of likely N-dealkylation sites (N-methyl/N-ethyl adjacent to an activating group) is 1. The number of hydrogen-bond acceptors (Lipinski definition) is 4. The van der Waals surface area contributed by atoms with Crippen LogP contribution in [-0.2, 0) is 16.8 Å². The van der Waals surface area contributed by atoms with Crippen molar-refractivity contribution in [3.05, 3.63) is 109 Å². The fraction of sp³-hybridized carbons (Fsp3) is 0.200. The molecule has 2 atom stereocenters. The van der Waals surface area contributed by atoms with Crippen LogP contribution in [0.1, 0.15) is 24.5 Å². The fourth-order valence-electron chi connectivity index (χ4n) is 5.15. The first-order valence-electron chi connectivity index (χ1n) is 12.4. The van der Waals surface area contributed by atoms with Crippen molar-refractivity contribution in [3.8, 4) is 16.9 Å². The normalized spacial score (nSPS) is 18.6. The van der Waals surface area contributed by atoms with Crippen molar-refractivity contribution < 1.29 is 4.55 Å². The van der Waals surface area contributed by atoms with Gasteiger partial charge in [-0.05, 0) is 62.2 Å². The van der Waals surface area contributed by atoms with E-state index in [1.165, 1.54) is 5.56 Å². The second-order valence-electron chi connectivity index (χ2n) is 9.97. The van der Waals surface area contributed by atoms with Crippen LogP contribution in [-0.4, -0.2) is 41.6 Å². The van der Waals surface area contributed by atoms with E-state index in [9.17, 15) is 4.55 Å². The minimum atomic E-state index is -1.42. The number of aryl methyl sites for hydroxylation is 1. The van der Waals surface area contributed by atoms with E-state index in [4.69, 9.17) is 4.98 Å². The topological polar surface area (TPSA) is 61.9 Å². The van der Waals surface area contributed by atoms with E-state index in [1.54, 1.807) is 10.2 Å². The lowest BCUT2D eigenvalue weighted by Crippen LogP contribution is -2.23. The first-order chi connectivity index (χ1) is 17.8. The standard InChI is InChI=1S/C30H29N5OS/c1-21-10-12-25(13-11-21)37(36)35-18-27(26-9-6-15-31-29(26)35)28-19-34(20-32-28)24-8-5-7-23(17-24)30(3)14-16-33(4)22(30)2/h5-13,15,17-20H,2,14,16H2,1,3-4H3.